The van der Waals surface area contributed by atoms with Gasteiger partial charge in [0.1, 0.15) is 5.75 Å². The fraction of sp³-hybridized carbons (Fsp3) is 0.0556. The molecule has 0 aliphatic heterocycles. The first kappa shape index (κ1) is 15.3. The molecule has 24 heavy (non-hydrogen) atoms. The summed E-state index contributed by atoms with van der Waals surface area (Å²) in [6.45, 7) is -0.135. The van der Waals surface area contributed by atoms with Gasteiger partial charge in [-0.25, -0.2) is 4.68 Å². The van der Waals surface area contributed by atoms with Gasteiger partial charge in [0.2, 0.25) is 0 Å². The van der Waals surface area contributed by atoms with Crippen LogP contribution in [0.3, 0.4) is 0 Å². The van der Waals surface area contributed by atoms with Crippen molar-refractivity contribution < 1.29 is 9.53 Å². The van der Waals surface area contributed by atoms with Gasteiger partial charge in [0.25, 0.3) is 5.91 Å². The summed E-state index contributed by atoms with van der Waals surface area (Å²) in [6.07, 6.45) is 1.77. The second kappa shape index (κ2) is 7.11. The van der Waals surface area contributed by atoms with Crippen LogP contribution in [0.25, 0.3) is 5.69 Å². The standard InChI is InChI=1S/C18H14N4O2/c19-12-14-6-8-16(9-7-14)24-13-18(23)20-17-10-11-22(21-17)15-4-2-1-3-5-15/h1-11H,13H2,(H,20,21,23). The molecule has 0 spiro atoms. The van der Waals surface area contributed by atoms with E-state index in [0.29, 0.717) is 17.1 Å². The minimum Gasteiger partial charge on any atom is -0.484 e. The highest BCUT2D eigenvalue weighted by molar-refractivity contribution is 5.90. The Morgan fingerprint density at radius 2 is 1.88 bits per heavy atom. The van der Waals surface area contributed by atoms with Gasteiger partial charge in [-0.05, 0) is 36.4 Å². The van der Waals surface area contributed by atoms with Gasteiger partial charge >= 0.3 is 0 Å². The molecule has 0 saturated heterocycles. The summed E-state index contributed by atoms with van der Waals surface area (Å²) >= 11 is 0. The molecule has 6 heteroatoms. The van der Waals surface area contributed by atoms with Crippen LogP contribution in [0.15, 0.2) is 66.9 Å². The molecule has 3 aromatic rings. The van der Waals surface area contributed by atoms with E-state index in [1.807, 2.05) is 36.4 Å². The van der Waals surface area contributed by atoms with Crippen molar-refractivity contribution in [3.63, 3.8) is 0 Å². The zero-order chi connectivity index (χ0) is 16.8. The maximum atomic E-state index is 11.9. The second-order valence-corrected chi connectivity index (χ2v) is 4.95. The van der Waals surface area contributed by atoms with Crippen LogP contribution >= 0.6 is 0 Å². The van der Waals surface area contributed by atoms with Crippen LogP contribution < -0.4 is 10.1 Å². The van der Waals surface area contributed by atoms with Crippen LogP contribution in [0.1, 0.15) is 5.56 Å². The monoisotopic (exact) mass is 318 g/mol. The summed E-state index contributed by atoms with van der Waals surface area (Å²) < 4.78 is 7.05. The molecule has 0 unspecified atom stereocenters. The summed E-state index contributed by atoms with van der Waals surface area (Å²) in [6, 6.07) is 19.9. The van der Waals surface area contributed by atoms with Crippen molar-refractivity contribution in [1.29, 1.82) is 5.26 Å². The fourth-order valence-corrected chi connectivity index (χ4v) is 2.07. The maximum absolute atomic E-state index is 11.9. The van der Waals surface area contributed by atoms with Gasteiger partial charge in [-0.1, -0.05) is 18.2 Å². The lowest BCUT2D eigenvalue weighted by Gasteiger charge is -2.06. The number of nitrogens with one attached hydrogen (secondary N) is 1. The molecule has 1 heterocycles. The van der Waals surface area contributed by atoms with Crippen LogP contribution in [0, 0.1) is 11.3 Å². The first-order chi connectivity index (χ1) is 11.7. The predicted octanol–water partition coefficient (Wildman–Crippen LogP) is 2.76. The summed E-state index contributed by atoms with van der Waals surface area (Å²) in [7, 11) is 0. The molecule has 2 aromatic carbocycles. The highest BCUT2D eigenvalue weighted by Gasteiger charge is 2.07. The lowest BCUT2D eigenvalue weighted by molar-refractivity contribution is -0.118. The van der Waals surface area contributed by atoms with E-state index in [1.54, 1.807) is 41.2 Å². The van der Waals surface area contributed by atoms with Gasteiger partial charge in [-0.15, -0.1) is 0 Å². The average Bonchev–Trinajstić information content (AvgIpc) is 3.09. The third kappa shape index (κ3) is 3.78. The minimum absolute atomic E-state index is 0.135. The van der Waals surface area contributed by atoms with Crippen molar-refractivity contribution >= 4 is 11.7 Å². The zero-order valence-electron chi connectivity index (χ0n) is 12.7. The van der Waals surface area contributed by atoms with Crippen LogP contribution in [-0.4, -0.2) is 22.3 Å². The molecule has 1 N–H and O–H groups in total. The number of rotatable bonds is 5. The number of carbonyl (C=O) groups excluding carboxylic acids is 1. The summed E-state index contributed by atoms with van der Waals surface area (Å²) in [5.74, 6) is 0.670. The van der Waals surface area contributed by atoms with Crippen LogP contribution in [0.5, 0.6) is 5.75 Å². The maximum Gasteiger partial charge on any atom is 0.263 e. The fourth-order valence-electron chi connectivity index (χ4n) is 2.07. The smallest absolute Gasteiger partial charge is 0.263 e. The quantitative estimate of drug-likeness (QED) is 0.784. The third-order valence-electron chi connectivity index (χ3n) is 3.23. The van der Waals surface area contributed by atoms with Crippen molar-refractivity contribution in [2.75, 3.05) is 11.9 Å². The molecular weight excluding hydrogens is 304 g/mol. The molecule has 118 valence electrons. The highest BCUT2D eigenvalue weighted by Crippen LogP contribution is 2.12. The molecule has 0 radical (unpaired) electrons. The van der Waals surface area contributed by atoms with Gasteiger partial charge in [-0.2, -0.15) is 10.4 Å². The van der Waals surface area contributed by atoms with Crippen molar-refractivity contribution in [2.45, 2.75) is 0 Å². The number of anilines is 1. The Morgan fingerprint density at radius 3 is 2.58 bits per heavy atom. The Morgan fingerprint density at radius 1 is 1.12 bits per heavy atom. The Hall–Kier alpha value is -3.59. The largest absolute Gasteiger partial charge is 0.484 e. The highest BCUT2D eigenvalue weighted by atomic mass is 16.5. The van der Waals surface area contributed by atoms with E-state index in [9.17, 15) is 4.79 Å². The number of hydrogen-bond acceptors (Lipinski definition) is 4. The SMILES string of the molecule is N#Cc1ccc(OCC(=O)Nc2ccn(-c3ccccc3)n2)cc1. The number of nitrogens with zero attached hydrogens (tertiary/aromatic N) is 3. The van der Waals surface area contributed by atoms with E-state index < -0.39 is 0 Å². The van der Waals surface area contributed by atoms with E-state index >= 15 is 0 Å². The van der Waals surface area contributed by atoms with E-state index in [0.717, 1.165) is 5.69 Å². The van der Waals surface area contributed by atoms with E-state index in [4.69, 9.17) is 10.00 Å². The van der Waals surface area contributed by atoms with Crippen molar-refractivity contribution in [3.8, 4) is 17.5 Å². The number of nitriles is 1. The molecule has 1 aromatic heterocycles. The predicted molar refractivity (Wildman–Crippen MR) is 88.8 cm³/mol. The molecule has 0 atom stereocenters. The second-order valence-electron chi connectivity index (χ2n) is 4.95. The number of para-hydroxylation sites is 1. The Kier molecular flexibility index (Phi) is 4.54. The Bertz CT molecular complexity index is 864. The van der Waals surface area contributed by atoms with Gasteiger partial charge in [0.15, 0.2) is 12.4 Å². The minimum atomic E-state index is -0.308. The lowest BCUT2D eigenvalue weighted by Crippen LogP contribution is -2.20. The molecule has 0 aliphatic rings. The van der Waals surface area contributed by atoms with Gasteiger partial charge in [0.05, 0.1) is 17.3 Å². The molecule has 0 bridgehead atoms. The van der Waals surface area contributed by atoms with Crippen molar-refractivity contribution in [1.82, 2.24) is 9.78 Å². The van der Waals surface area contributed by atoms with Crippen LogP contribution in [0.2, 0.25) is 0 Å². The Labute approximate surface area is 138 Å². The van der Waals surface area contributed by atoms with Gasteiger partial charge in [0, 0.05) is 12.3 Å². The van der Waals surface area contributed by atoms with E-state index in [1.165, 1.54) is 0 Å². The number of aromatic nitrogens is 2. The molecule has 0 aliphatic carbocycles. The number of amides is 1. The van der Waals surface area contributed by atoms with Crippen molar-refractivity contribution in [3.05, 3.63) is 72.4 Å². The molecule has 1 amide bonds. The summed E-state index contributed by atoms with van der Waals surface area (Å²) in [4.78, 5) is 11.9. The number of carbonyl (C=O) groups is 1. The lowest BCUT2D eigenvalue weighted by atomic mass is 10.2. The van der Waals surface area contributed by atoms with Gasteiger partial charge in [-0.3, -0.25) is 4.79 Å². The zero-order valence-corrected chi connectivity index (χ0v) is 12.7. The first-order valence-corrected chi connectivity index (χ1v) is 7.28. The summed E-state index contributed by atoms with van der Waals surface area (Å²) in [5.41, 5.74) is 1.45. The number of benzene rings is 2. The first-order valence-electron chi connectivity index (χ1n) is 7.28. The molecule has 6 nitrogen and oxygen atoms in total. The topological polar surface area (TPSA) is 79.9 Å². The third-order valence-corrected chi connectivity index (χ3v) is 3.23. The molecule has 0 saturated carbocycles. The Balaban J connectivity index is 1.55. The normalized spacial score (nSPS) is 9.96. The van der Waals surface area contributed by atoms with Crippen molar-refractivity contribution in [2.24, 2.45) is 0 Å². The average molecular weight is 318 g/mol. The summed E-state index contributed by atoms with van der Waals surface area (Å²) in [5, 5.41) is 15.7. The molecular formula is C18H14N4O2. The van der Waals surface area contributed by atoms with E-state index in [2.05, 4.69) is 10.4 Å². The van der Waals surface area contributed by atoms with Crippen LogP contribution in [-0.2, 0) is 4.79 Å². The molecule has 3 rings (SSSR count). The van der Waals surface area contributed by atoms with Gasteiger partial charge < -0.3 is 10.1 Å². The van der Waals surface area contributed by atoms with Crippen LogP contribution in [0.4, 0.5) is 5.82 Å². The number of ether oxygens (including phenoxy) is 1. The number of hydrogen-bond donors (Lipinski definition) is 1. The van der Waals surface area contributed by atoms with E-state index in [-0.39, 0.29) is 12.5 Å². The molecule has 0 fully saturated rings.